The van der Waals surface area contributed by atoms with Crippen LogP contribution in [-0.2, 0) is 13.1 Å². The van der Waals surface area contributed by atoms with E-state index in [9.17, 15) is 14.7 Å². The first-order valence-corrected chi connectivity index (χ1v) is 12.1. The van der Waals surface area contributed by atoms with E-state index in [2.05, 4.69) is 15.6 Å². The summed E-state index contributed by atoms with van der Waals surface area (Å²) >= 11 is 8.84. The van der Waals surface area contributed by atoms with E-state index >= 15 is 0 Å². The normalized spacial score (nSPS) is 11.1. The molecule has 0 radical (unpaired) electrons. The van der Waals surface area contributed by atoms with Gasteiger partial charge in [-0.05, 0) is 29.6 Å². The van der Waals surface area contributed by atoms with Crippen molar-refractivity contribution in [3.63, 3.8) is 0 Å². The van der Waals surface area contributed by atoms with E-state index < -0.39 is 11.3 Å². The van der Waals surface area contributed by atoms with E-state index in [1.807, 2.05) is 6.07 Å². The second-order valence-electron chi connectivity index (χ2n) is 7.19. The van der Waals surface area contributed by atoms with Gasteiger partial charge < -0.3 is 19.5 Å². The lowest BCUT2D eigenvalue weighted by Gasteiger charge is -2.07. The number of hydrogen-bond donors (Lipinski definition) is 2. The first-order chi connectivity index (χ1) is 16.5. The summed E-state index contributed by atoms with van der Waals surface area (Å²) in [5.41, 5.74) is 0.346. The number of pyridine rings is 1. The van der Waals surface area contributed by atoms with Gasteiger partial charge in [-0.25, -0.2) is 0 Å². The Morgan fingerprint density at radius 2 is 2.12 bits per heavy atom. The van der Waals surface area contributed by atoms with Gasteiger partial charge in [0.05, 0.1) is 40.4 Å². The number of nitrogens with one attached hydrogen (secondary N) is 1. The van der Waals surface area contributed by atoms with Crippen molar-refractivity contribution in [1.29, 1.82) is 0 Å². The van der Waals surface area contributed by atoms with Gasteiger partial charge in [0, 0.05) is 28.6 Å². The molecule has 0 aromatic carbocycles. The molecule has 0 saturated carbocycles. The lowest BCUT2D eigenvalue weighted by Crippen LogP contribution is -2.20. The number of nitrogens with zero attached hydrogens (tertiary/aromatic N) is 4. The van der Waals surface area contributed by atoms with Crippen LogP contribution < -0.4 is 10.9 Å². The maximum absolute atomic E-state index is 13.1. The topological polar surface area (TPSA) is 115 Å². The number of carbonyl (C=O) groups excluding carboxylic acids is 1. The Balaban J connectivity index is 1.50. The van der Waals surface area contributed by atoms with Crippen LogP contribution in [0.25, 0.3) is 11.3 Å². The van der Waals surface area contributed by atoms with Crippen LogP contribution >= 0.6 is 34.3 Å². The summed E-state index contributed by atoms with van der Waals surface area (Å²) in [5.74, 6) is 0.0737. The monoisotopic (exact) mass is 513 g/mol. The summed E-state index contributed by atoms with van der Waals surface area (Å²) in [6.07, 6.45) is 3.00. The van der Waals surface area contributed by atoms with Crippen molar-refractivity contribution in [3.05, 3.63) is 90.4 Å². The van der Waals surface area contributed by atoms with Gasteiger partial charge in [0.1, 0.15) is 5.82 Å². The maximum Gasteiger partial charge on any atom is 0.293 e. The molecule has 5 aromatic rings. The zero-order valence-electron chi connectivity index (χ0n) is 17.3. The number of aromatic hydroxyl groups is 1. The number of aromatic nitrogens is 4. The minimum atomic E-state index is -0.615. The Labute approximate surface area is 205 Å². The van der Waals surface area contributed by atoms with Gasteiger partial charge in [0.2, 0.25) is 0 Å². The lowest BCUT2D eigenvalue weighted by molar-refractivity contribution is 0.0948. The molecule has 0 aliphatic carbocycles. The molecule has 0 aliphatic rings. The molecule has 0 spiro atoms. The molecule has 12 heteroatoms. The second-order valence-corrected chi connectivity index (χ2v) is 9.77. The molecule has 0 saturated heterocycles. The van der Waals surface area contributed by atoms with Crippen molar-refractivity contribution in [3.8, 4) is 17.0 Å². The second kappa shape index (κ2) is 9.29. The molecule has 0 atom stereocenters. The largest absolute Gasteiger partial charge is 0.503 e. The molecular formula is C22H16ClN5O4S2. The molecule has 172 valence electrons. The molecule has 5 heterocycles. The van der Waals surface area contributed by atoms with Gasteiger partial charge >= 0.3 is 0 Å². The summed E-state index contributed by atoms with van der Waals surface area (Å²) in [6.45, 7) is 0.540. The molecule has 0 aliphatic heterocycles. The Kier molecular flexibility index (Phi) is 6.05. The van der Waals surface area contributed by atoms with Gasteiger partial charge in [0.15, 0.2) is 11.5 Å². The SMILES string of the molecule is O=C(c1ccsc1)n1nc(-c2ccn(Cc3ccno3)c(=O)c2O)cc1NCc1ccc(Cl)s1. The van der Waals surface area contributed by atoms with Gasteiger partial charge in [-0.3, -0.25) is 9.59 Å². The predicted octanol–water partition coefficient (Wildman–Crippen LogP) is 4.53. The van der Waals surface area contributed by atoms with Gasteiger partial charge in [-0.1, -0.05) is 16.8 Å². The van der Waals surface area contributed by atoms with Crippen LogP contribution in [-0.4, -0.2) is 30.5 Å². The lowest BCUT2D eigenvalue weighted by atomic mass is 10.2. The molecule has 0 unspecified atom stereocenters. The minimum absolute atomic E-state index is 0.119. The first-order valence-electron chi connectivity index (χ1n) is 9.97. The molecule has 0 amide bonds. The summed E-state index contributed by atoms with van der Waals surface area (Å²) < 4.78 is 8.22. The summed E-state index contributed by atoms with van der Waals surface area (Å²) in [6, 6.07) is 10.2. The van der Waals surface area contributed by atoms with Crippen LogP contribution in [0.2, 0.25) is 4.34 Å². The van der Waals surface area contributed by atoms with E-state index in [1.54, 1.807) is 41.1 Å². The van der Waals surface area contributed by atoms with Crippen molar-refractivity contribution in [2.24, 2.45) is 0 Å². The summed E-state index contributed by atoms with van der Waals surface area (Å²) in [4.78, 5) is 26.8. The zero-order valence-corrected chi connectivity index (χ0v) is 19.7. The molecule has 34 heavy (non-hydrogen) atoms. The van der Waals surface area contributed by atoms with Crippen LogP contribution in [0.4, 0.5) is 5.82 Å². The Hall–Kier alpha value is -3.67. The van der Waals surface area contributed by atoms with Crippen LogP contribution in [0.1, 0.15) is 21.0 Å². The minimum Gasteiger partial charge on any atom is -0.503 e. The number of halogens is 1. The Morgan fingerprint density at radius 1 is 1.24 bits per heavy atom. The summed E-state index contributed by atoms with van der Waals surface area (Å²) in [5, 5.41) is 25.4. The van der Waals surface area contributed by atoms with Crippen molar-refractivity contribution in [2.75, 3.05) is 5.32 Å². The number of rotatable bonds is 7. The highest BCUT2D eigenvalue weighted by molar-refractivity contribution is 7.16. The predicted molar refractivity (Wildman–Crippen MR) is 130 cm³/mol. The van der Waals surface area contributed by atoms with Gasteiger partial charge in [-0.2, -0.15) is 21.1 Å². The summed E-state index contributed by atoms with van der Waals surface area (Å²) in [7, 11) is 0. The first kappa shape index (κ1) is 22.1. The Morgan fingerprint density at radius 3 is 2.82 bits per heavy atom. The van der Waals surface area contributed by atoms with E-state index in [4.69, 9.17) is 16.1 Å². The van der Waals surface area contributed by atoms with E-state index in [1.165, 1.54) is 44.3 Å². The number of carbonyl (C=O) groups is 1. The quantitative estimate of drug-likeness (QED) is 0.328. The van der Waals surface area contributed by atoms with Crippen molar-refractivity contribution < 1.29 is 14.4 Å². The van der Waals surface area contributed by atoms with Crippen molar-refractivity contribution in [2.45, 2.75) is 13.1 Å². The highest BCUT2D eigenvalue weighted by Crippen LogP contribution is 2.29. The van der Waals surface area contributed by atoms with Crippen LogP contribution in [0.5, 0.6) is 5.75 Å². The smallest absolute Gasteiger partial charge is 0.293 e. The molecular weight excluding hydrogens is 498 g/mol. The Bertz CT molecular complexity index is 1500. The molecule has 5 rings (SSSR count). The number of thiophene rings is 2. The standard InChI is InChI=1S/C22H16ClN5O4S2/c23-18-2-1-15(34-18)10-24-19-9-17(26-28(19)21(30)13-5-8-33-12-13)16-4-7-27(22(31)20(16)29)11-14-3-6-25-32-14/h1-9,12,24,29H,10-11H2. The van der Waals surface area contributed by atoms with Crippen molar-refractivity contribution >= 4 is 46.0 Å². The fourth-order valence-electron chi connectivity index (χ4n) is 3.31. The van der Waals surface area contributed by atoms with Gasteiger partial charge in [-0.15, -0.1) is 11.3 Å². The number of anilines is 1. The fourth-order valence-corrected chi connectivity index (χ4v) is 4.97. The van der Waals surface area contributed by atoms with E-state index in [0.717, 1.165) is 4.88 Å². The highest BCUT2D eigenvalue weighted by Gasteiger charge is 2.21. The zero-order chi connectivity index (χ0) is 23.7. The number of hydrogen-bond acceptors (Lipinski definition) is 9. The van der Waals surface area contributed by atoms with Crippen LogP contribution in [0.3, 0.4) is 0 Å². The average molecular weight is 514 g/mol. The van der Waals surface area contributed by atoms with E-state index in [0.29, 0.717) is 28.0 Å². The fraction of sp³-hybridized carbons (Fsp3) is 0.0909. The average Bonchev–Trinajstić information content (AvgIpc) is 3.63. The third-order valence-electron chi connectivity index (χ3n) is 4.98. The molecule has 5 aromatic heterocycles. The van der Waals surface area contributed by atoms with Crippen molar-refractivity contribution in [1.82, 2.24) is 19.5 Å². The molecule has 9 nitrogen and oxygen atoms in total. The molecule has 0 bridgehead atoms. The molecule has 2 N–H and O–H groups in total. The molecule has 0 fully saturated rings. The third-order valence-corrected chi connectivity index (χ3v) is 6.89. The van der Waals surface area contributed by atoms with E-state index in [-0.39, 0.29) is 23.7 Å². The van der Waals surface area contributed by atoms with Crippen LogP contribution in [0, 0.1) is 0 Å². The third kappa shape index (κ3) is 4.40. The van der Waals surface area contributed by atoms with Crippen LogP contribution in [0.15, 0.2) is 68.9 Å². The van der Waals surface area contributed by atoms with Gasteiger partial charge in [0.25, 0.3) is 11.5 Å². The maximum atomic E-state index is 13.1. The highest BCUT2D eigenvalue weighted by atomic mass is 35.5.